The molecule has 0 aliphatic carbocycles. The molecule has 110 valence electrons. The third-order valence-corrected chi connectivity index (χ3v) is 4.22. The van der Waals surface area contributed by atoms with E-state index in [1.165, 1.54) is 5.56 Å². The van der Waals surface area contributed by atoms with Crippen LogP contribution in [0, 0.1) is 0 Å². The van der Waals surface area contributed by atoms with E-state index in [4.69, 9.17) is 15.2 Å². The van der Waals surface area contributed by atoms with Gasteiger partial charge in [0.15, 0.2) is 11.5 Å². The number of nitrogens with zero attached hydrogens (tertiary/aromatic N) is 3. The van der Waals surface area contributed by atoms with Crippen LogP contribution < -0.4 is 15.2 Å². The van der Waals surface area contributed by atoms with Gasteiger partial charge in [0.1, 0.15) is 5.82 Å². The number of benzene rings is 1. The lowest BCUT2D eigenvalue weighted by molar-refractivity contribution is 0.156. The fourth-order valence-corrected chi connectivity index (χ4v) is 3.07. The lowest BCUT2D eigenvalue weighted by atomic mass is 10.0. The van der Waals surface area contributed by atoms with Gasteiger partial charge < -0.3 is 19.8 Å². The number of rotatable bonds is 3. The minimum absolute atomic E-state index is 0.171. The molecule has 0 spiro atoms. The minimum atomic E-state index is 0.171. The number of hydrogen-bond acceptors (Lipinski definition) is 5. The van der Waals surface area contributed by atoms with Crippen LogP contribution in [-0.2, 0) is 13.1 Å². The number of ether oxygens (including phenoxy) is 2. The molecule has 3 heterocycles. The summed E-state index contributed by atoms with van der Waals surface area (Å²) in [6.45, 7) is 3.62. The molecule has 2 N–H and O–H groups in total. The van der Waals surface area contributed by atoms with Crippen molar-refractivity contribution in [3.05, 3.63) is 42.0 Å². The molecule has 6 nitrogen and oxygen atoms in total. The molecule has 4 rings (SSSR count). The van der Waals surface area contributed by atoms with Gasteiger partial charge in [0, 0.05) is 38.1 Å². The SMILES string of the molecule is NCC(c1ccc2c(c1)OCO2)N1CCn2ccnc2C1. The first-order chi connectivity index (χ1) is 10.3. The van der Waals surface area contributed by atoms with Crippen LogP contribution in [0.2, 0.25) is 0 Å². The van der Waals surface area contributed by atoms with Crippen molar-refractivity contribution >= 4 is 0 Å². The van der Waals surface area contributed by atoms with E-state index < -0.39 is 0 Å². The summed E-state index contributed by atoms with van der Waals surface area (Å²) in [6.07, 6.45) is 3.89. The highest BCUT2D eigenvalue weighted by Crippen LogP contribution is 2.35. The van der Waals surface area contributed by atoms with E-state index in [0.717, 1.165) is 37.0 Å². The standard InChI is InChI=1S/C15H18N4O2/c16-8-12(11-1-2-13-14(7-11)21-10-20-13)19-6-5-18-4-3-17-15(18)9-19/h1-4,7,12H,5-6,8-10,16H2. The second kappa shape index (κ2) is 5.05. The maximum atomic E-state index is 6.04. The van der Waals surface area contributed by atoms with Crippen molar-refractivity contribution in [3.8, 4) is 11.5 Å². The molecule has 1 unspecified atom stereocenters. The van der Waals surface area contributed by atoms with Gasteiger partial charge in [0.2, 0.25) is 6.79 Å². The van der Waals surface area contributed by atoms with Crippen molar-refractivity contribution < 1.29 is 9.47 Å². The van der Waals surface area contributed by atoms with Crippen LogP contribution in [0.25, 0.3) is 0 Å². The third kappa shape index (κ3) is 2.16. The highest BCUT2D eigenvalue weighted by atomic mass is 16.7. The molecule has 0 bridgehead atoms. The number of fused-ring (bicyclic) bond motifs is 2. The lowest BCUT2D eigenvalue weighted by Gasteiger charge is -2.34. The molecule has 1 aromatic heterocycles. The molecule has 0 radical (unpaired) electrons. The summed E-state index contributed by atoms with van der Waals surface area (Å²) in [4.78, 5) is 6.79. The van der Waals surface area contributed by atoms with Crippen LogP contribution in [-0.4, -0.2) is 34.3 Å². The number of aromatic nitrogens is 2. The minimum Gasteiger partial charge on any atom is -0.454 e. The van der Waals surface area contributed by atoms with Crippen molar-refractivity contribution in [3.63, 3.8) is 0 Å². The Hall–Kier alpha value is -2.05. The maximum absolute atomic E-state index is 6.04. The summed E-state index contributed by atoms with van der Waals surface area (Å²) in [5.41, 5.74) is 7.20. The van der Waals surface area contributed by atoms with Crippen LogP contribution in [0.4, 0.5) is 0 Å². The van der Waals surface area contributed by atoms with Crippen molar-refractivity contribution in [2.24, 2.45) is 5.73 Å². The van der Waals surface area contributed by atoms with E-state index in [1.54, 1.807) is 0 Å². The first-order valence-corrected chi connectivity index (χ1v) is 7.19. The van der Waals surface area contributed by atoms with Gasteiger partial charge in [0.05, 0.1) is 6.54 Å². The molecule has 0 saturated carbocycles. The highest BCUT2D eigenvalue weighted by Gasteiger charge is 2.26. The van der Waals surface area contributed by atoms with E-state index >= 15 is 0 Å². The molecule has 21 heavy (non-hydrogen) atoms. The Kier molecular flexibility index (Phi) is 3.05. The summed E-state index contributed by atoms with van der Waals surface area (Å²) in [5.74, 6) is 2.72. The van der Waals surface area contributed by atoms with E-state index in [1.807, 2.05) is 24.5 Å². The molecule has 2 aliphatic heterocycles. The van der Waals surface area contributed by atoms with Crippen molar-refractivity contribution in [1.82, 2.24) is 14.5 Å². The molecule has 2 aromatic rings. The van der Waals surface area contributed by atoms with E-state index in [-0.39, 0.29) is 6.04 Å². The zero-order valence-corrected chi connectivity index (χ0v) is 11.7. The molecule has 0 fully saturated rings. The Morgan fingerprint density at radius 2 is 2.14 bits per heavy atom. The van der Waals surface area contributed by atoms with Crippen LogP contribution in [0.1, 0.15) is 17.4 Å². The average molecular weight is 286 g/mol. The summed E-state index contributed by atoms with van der Waals surface area (Å²) in [5, 5.41) is 0. The van der Waals surface area contributed by atoms with Crippen molar-refractivity contribution in [2.45, 2.75) is 19.1 Å². The first kappa shape index (κ1) is 12.7. The molecule has 0 amide bonds. The number of imidazole rings is 1. The van der Waals surface area contributed by atoms with E-state index in [0.29, 0.717) is 13.3 Å². The molecule has 6 heteroatoms. The summed E-state index contributed by atoms with van der Waals surface area (Å²) < 4.78 is 13.0. The van der Waals surface area contributed by atoms with Gasteiger partial charge in [-0.15, -0.1) is 0 Å². The van der Waals surface area contributed by atoms with Gasteiger partial charge in [-0.25, -0.2) is 4.98 Å². The topological polar surface area (TPSA) is 65.5 Å². The van der Waals surface area contributed by atoms with Crippen LogP contribution in [0.5, 0.6) is 11.5 Å². The lowest BCUT2D eigenvalue weighted by Crippen LogP contribution is -2.39. The predicted octanol–water partition coefficient (Wildman–Crippen LogP) is 1.13. The molecule has 1 aromatic carbocycles. The largest absolute Gasteiger partial charge is 0.454 e. The van der Waals surface area contributed by atoms with Gasteiger partial charge in [-0.3, -0.25) is 4.90 Å². The van der Waals surface area contributed by atoms with Crippen LogP contribution in [0.15, 0.2) is 30.6 Å². The molecule has 1 atom stereocenters. The first-order valence-electron chi connectivity index (χ1n) is 7.19. The fraction of sp³-hybridized carbons (Fsp3) is 0.400. The van der Waals surface area contributed by atoms with Gasteiger partial charge in [-0.2, -0.15) is 0 Å². The number of hydrogen-bond donors (Lipinski definition) is 1. The Morgan fingerprint density at radius 1 is 1.24 bits per heavy atom. The van der Waals surface area contributed by atoms with E-state index in [2.05, 4.69) is 20.5 Å². The molecular formula is C15H18N4O2. The molecule has 2 aliphatic rings. The van der Waals surface area contributed by atoms with Crippen LogP contribution in [0.3, 0.4) is 0 Å². The summed E-state index contributed by atoms with van der Waals surface area (Å²) in [7, 11) is 0. The highest BCUT2D eigenvalue weighted by molar-refractivity contribution is 5.45. The van der Waals surface area contributed by atoms with Gasteiger partial charge >= 0.3 is 0 Å². The Bertz CT molecular complexity index is 655. The van der Waals surface area contributed by atoms with Crippen LogP contribution >= 0.6 is 0 Å². The van der Waals surface area contributed by atoms with E-state index in [9.17, 15) is 0 Å². The zero-order chi connectivity index (χ0) is 14.2. The zero-order valence-electron chi connectivity index (χ0n) is 11.7. The summed E-state index contributed by atoms with van der Waals surface area (Å²) in [6, 6.07) is 6.25. The predicted molar refractivity (Wildman–Crippen MR) is 77.0 cm³/mol. The molecular weight excluding hydrogens is 268 g/mol. The Balaban J connectivity index is 1.60. The summed E-state index contributed by atoms with van der Waals surface area (Å²) >= 11 is 0. The number of nitrogens with two attached hydrogens (primary N) is 1. The Morgan fingerprint density at radius 3 is 3.05 bits per heavy atom. The second-order valence-electron chi connectivity index (χ2n) is 5.37. The van der Waals surface area contributed by atoms with Crippen molar-refractivity contribution in [2.75, 3.05) is 19.9 Å². The quantitative estimate of drug-likeness (QED) is 0.916. The van der Waals surface area contributed by atoms with Crippen molar-refractivity contribution in [1.29, 1.82) is 0 Å². The van der Waals surface area contributed by atoms with Gasteiger partial charge in [-0.1, -0.05) is 6.07 Å². The van der Waals surface area contributed by atoms with Gasteiger partial charge in [0.25, 0.3) is 0 Å². The fourth-order valence-electron chi connectivity index (χ4n) is 3.07. The average Bonchev–Trinajstić information content (AvgIpc) is 3.15. The van der Waals surface area contributed by atoms with Gasteiger partial charge in [-0.05, 0) is 17.7 Å². The normalized spacial score (nSPS) is 18.5. The molecule has 0 saturated heterocycles. The maximum Gasteiger partial charge on any atom is 0.231 e. The smallest absolute Gasteiger partial charge is 0.231 e. The monoisotopic (exact) mass is 286 g/mol. The third-order valence-electron chi connectivity index (χ3n) is 4.22. The Labute approximate surface area is 123 Å². The second-order valence-corrected chi connectivity index (χ2v) is 5.37.